The number of rotatable bonds is 6. The number of hydrogen-bond donors (Lipinski definition) is 1. The lowest BCUT2D eigenvalue weighted by atomic mass is 10.2. The van der Waals surface area contributed by atoms with Crippen LogP contribution in [0.4, 0.5) is 0 Å². The van der Waals surface area contributed by atoms with E-state index >= 15 is 0 Å². The highest BCUT2D eigenvalue weighted by molar-refractivity contribution is 5.75. The lowest BCUT2D eigenvalue weighted by molar-refractivity contribution is -0.121. The summed E-state index contributed by atoms with van der Waals surface area (Å²) >= 11 is 0. The van der Waals surface area contributed by atoms with Crippen LogP contribution in [0.15, 0.2) is 16.5 Å². The summed E-state index contributed by atoms with van der Waals surface area (Å²) in [6.45, 7) is 3.65. The number of fused-ring (bicyclic) bond motifs is 1. The Morgan fingerprint density at radius 2 is 2.30 bits per heavy atom. The molecule has 0 radical (unpaired) electrons. The molecule has 2 atom stereocenters. The number of hydrogen-bond acceptors (Lipinski definition) is 4. The van der Waals surface area contributed by atoms with Crippen LogP contribution in [0, 0.1) is 5.92 Å². The van der Waals surface area contributed by atoms with Gasteiger partial charge in [-0.25, -0.2) is 0 Å². The predicted octanol–water partition coefficient (Wildman–Crippen LogP) is 2.19. The second kappa shape index (κ2) is 5.83. The van der Waals surface area contributed by atoms with E-state index in [0.717, 1.165) is 48.5 Å². The first-order chi connectivity index (χ1) is 11.2. The Morgan fingerprint density at radius 3 is 3.13 bits per heavy atom. The van der Waals surface area contributed by atoms with E-state index in [-0.39, 0.29) is 5.91 Å². The van der Waals surface area contributed by atoms with Crippen molar-refractivity contribution < 1.29 is 9.21 Å². The molecule has 1 N–H and O–H groups in total. The molecule has 1 aliphatic carbocycles. The fourth-order valence-corrected chi connectivity index (χ4v) is 3.29. The van der Waals surface area contributed by atoms with E-state index in [0.29, 0.717) is 25.3 Å². The molecular formula is C17H22N4O2. The Hall–Kier alpha value is -2.11. The van der Waals surface area contributed by atoms with Crippen LogP contribution >= 0.6 is 0 Å². The van der Waals surface area contributed by atoms with E-state index in [9.17, 15) is 4.79 Å². The van der Waals surface area contributed by atoms with Gasteiger partial charge in [0.2, 0.25) is 5.91 Å². The van der Waals surface area contributed by atoms with Crippen molar-refractivity contribution in [1.82, 2.24) is 20.1 Å². The zero-order valence-electron chi connectivity index (χ0n) is 13.4. The van der Waals surface area contributed by atoms with Crippen LogP contribution in [-0.2, 0) is 30.7 Å². The molecule has 6 heteroatoms. The Balaban J connectivity index is 1.24. The van der Waals surface area contributed by atoms with Crippen LogP contribution in [0.2, 0.25) is 0 Å². The van der Waals surface area contributed by atoms with Crippen molar-refractivity contribution in [3.05, 3.63) is 35.3 Å². The van der Waals surface area contributed by atoms with Gasteiger partial charge in [0, 0.05) is 31.7 Å². The summed E-state index contributed by atoms with van der Waals surface area (Å²) in [7, 11) is 0. The number of nitrogens with one attached hydrogen (secondary N) is 1. The first kappa shape index (κ1) is 14.5. The topological polar surface area (TPSA) is 73.0 Å². The van der Waals surface area contributed by atoms with Crippen molar-refractivity contribution >= 4 is 5.91 Å². The number of carbonyl (C=O) groups is 1. The van der Waals surface area contributed by atoms with E-state index in [2.05, 4.69) is 33.1 Å². The molecule has 1 fully saturated rings. The second-order valence-corrected chi connectivity index (χ2v) is 6.69. The number of furan rings is 1. The van der Waals surface area contributed by atoms with Gasteiger partial charge in [-0.15, -0.1) is 10.2 Å². The van der Waals surface area contributed by atoms with Crippen molar-refractivity contribution in [2.24, 2.45) is 5.92 Å². The number of nitrogens with zero attached hydrogens (tertiary/aromatic N) is 3. The molecule has 122 valence electrons. The molecule has 3 heterocycles. The van der Waals surface area contributed by atoms with Crippen molar-refractivity contribution in [1.29, 1.82) is 0 Å². The summed E-state index contributed by atoms with van der Waals surface area (Å²) < 4.78 is 7.94. The van der Waals surface area contributed by atoms with Crippen LogP contribution in [0.1, 0.15) is 55.3 Å². The Morgan fingerprint density at radius 1 is 1.43 bits per heavy atom. The van der Waals surface area contributed by atoms with E-state index in [1.54, 1.807) is 0 Å². The molecule has 2 aliphatic rings. The highest BCUT2D eigenvalue weighted by atomic mass is 16.3. The standard InChI is InChI=1S/C17H22N4O2/c1-11-9-13(11)14-6-4-12(23-14)5-7-17(22)18-10-16-20-19-15-3-2-8-21(15)16/h4,6,11,13H,2-3,5,7-10H2,1H3,(H,18,22)/t11-,13+/m0/s1. The minimum atomic E-state index is 0.0260. The average Bonchev–Trinajstić information content (AvgIpc) is 2.97. The fourth-order valence-electron chi connectivity index (χ4n) is 3.29. The number of carbonyl (C=O) groups excluding carboxylic acids is 1. The Bertz CT molecular complexity index is 718. The first-order valence-corrected chi connectivity index (χ1v) is 8.47. The number of aryl methyl sites for hydroxylation is 2. The van der Waals surface area contributed by atoms with Crippen molar-refractivity contribution in [2.75, 3.05) is 0 Å². The maximum Gasteiger partial charge on any atom is 0.220 e. The zero-order chi connectivity index (χ0) is 15.8. The Kier molecular flexibility index (Phi) is 3.67. The molecule has 6 nitrogen and oxygen atoms in total. The maximum absolute atomic E-state index is 12.0. The lowest BCUT2D eigenvalue weighted by Gasteiger charge is -2.05. The van der Waals surface area contributed by atoms with Gasteiger partial charge in [0.25, 0.3) is 0 Å². The molecule has 0 saturated heterocycles. The molecule has 1 amide bonds. The Labute approximate surface area is 135 Å². The largest absolute Gasteiger partial charge is 0.466 e. The molecule has 23 heavy (non-hydrogen) atoms. The summed E-state index contributed by atoms with van der Waals surface area (Å²) in [5, 5.41) is 11.2. The van der Waals surface area contributed by atoms with E-state index in [1.807, 2.05) is 6.07 Å². The summed E-state index contributed by atoms with van der Waals surface area (Å²) in [4.78, 5) is 12.0. The minimum Gasteiger partial charge on any atom is -0.466 e. The van der Waals surface area contributed by atoms with E-state index < -0.39 is 0 Å². The summed E-state index contributed by atoms with van der Waals surface area (Å²) in [6, 6.07) is 4.06. The molecule has 4 rings (SSSR count). The summed E-state index contributed by atoms with van der Waals surface area (Å²) in [5.41, 5.74) is 0. The van der Waals surface area contributed by atoms with Crippen LogP contribution in [0.3, 0.4) is 0 Å². The van der Waals surface area contributed by atoms with Gasteiger partial charge in [-0.3, -0.25) is 4.79 Å². The lowest BCUT2D eigenvalue weighted by Crippen LogP contribution is -2.24. The first-order valence-electron chi connectivity index (χ1n) is 8.47. The molecule has 0 unspecified atom stereocenters. The average molecular weight is 314 g/mol. The maximum atomic E-state index is 12.0. The van der Waals surface area contributed by atoms with Gasteiger partial charge in [-0.05, 0) is 30.9 Å². The number of aromatic nitrogens is 3. The molecule has 1 aliphatic heterocycles. The molecule has 2 aromatic heterocycles. The van der Waals surface area contributed by atoms with Gasteiger partial charge in [-0.2, -0.15) is 0 Å². The molecule has 0 aromatic carbocycles. The predicted molar refractivity (Wildman–Crippen MR) is 83.7 cm³/mol. The smallest absolute Gasteiger partial charge is 0.220 e. The zero-order valence-corrected chi connectivity index (χ0v) is 13.4. The van der Waals surface area contributed by atoms with E-state index in [1.165, 1.54) is 6.42 Å². The van der Waals surface area contributed by atoms with Gasteiger partial charge >= 0.3 is 0 Å². The molecule has 0 spiro atoms. The second-order valence-electron chi connectivity index (χ2n) is 6.69. The summed E-state index contributed by atoms with van der Waals surface area (Å²) in [5.74, 6) is 5.22. The molecule has 2 aromatic rings. The molecule has 0 bridgehead atoms. The van der Waals surface area contributed by atoms with Crippen molar-refractivity contribution in [3.63, 3.8) is 0 Å². The minimum absolute atomic E-state index is 0.0260. The SMILES string of the molecule is C[C@H]1C[C@H]1c1ccc(CCC(=O)NCc2nnc3n2CCC3)o1. The third kappa shape index (κ3) is 3.02. The van der Waals surface area contributed by atoms with Gasteiger partial charge in [0.15, 0.2) is 5.82 Å². The highest BCUT2D eigenvalue weighted by Gasteiger charge is 2.36. The van der Waals surface area contributed by atoms with Crippen LogP contribution in [0.25, 0.3) is 0 Å². The van der Waals surface area contributed by atoms with Gasteiger partial charge in [0.1, 0.15) is 17.3 Å². The number of amides is 1. The third-order valence-corrected chi connectivity index (χ3v) is 4.89. The van der Waals surface area contributed by atoms with Gasteiger partial charge in [0.05, 0.1) is 6.54 Å². The van der Waals surface area contributed by atoms with Crippen LogP contribution < -0.4 is 5.32 Å². The van der Waals surface area contributed by atoms with E-state index in [4.69, 9.17) is 4.42 Å². The third-order valence-electron chi connectivity index (χ3n) is 4.89. The van der Waals surface area contributed by atoms with Crippen LogP contribution in [0.5, 0.6) is 0 Å². The van der Waals surface area contributed by atoms with Gasteiger partial charge in [-0.1, -0.05) is 6.92 Å². The van der Waals surface area contributed by atoms with Crippen molar-refractivity contribution in [2.45, 2.75) is 58.0 Å². The van der Waals surface area contributed by atoms with Gasteiger partial charge < -0.3 is 14.3 Å². The monoisotopic (exact) mass is 314 g/mol. The molecule has 1 saturated carbocycles. The molecular weight excluding hydrogens is 292 g/mol. The summed E-state index contributed by atoms with van der Waals surface area (Å²) in [6.07, 6.45) is 4.41. The fraction of sp³-hybridized carbons (Fsp3) is 0.588. The van der Waals surface area contributed by atoms with Crippen molar-refractivity contribution in [3.8, 4) is 0 Å². The highest BCUT2D eigenvalue weighted by Crippen LogP contribution is 2.47. The van der Waals surface area contributed by atoms with Crippen LogP contribution in [-0.4, -0.2) is 20.7 Å². The quantitative estimate of drug-likeness (QED) is 0.887. The normalized spacial score (nSPS) is 22.1.